The minimum atomic E-state index is -0.428. The van der Waals surface area contributed by atoms with E-state index in [9.17, 15) is 4.79 Å². The molecule has 46 heavy (non-hydrogen) atoms. The van der Waals surface area contributed by atoms with E-state index in [1.807, 2.05) is 57.2 Å². The Hall–Kier alpha value is -2.99. The molecular weight excluding hydrogens is 615 g/mol. The van der Waals surface area contributed by atoms with Gasteiger partial charge in [0.2, 0.25) is 0 Å². The molecule has 2 aromatic carbocycles. The van der Waals surface area contributed by atoms with E-state index in [1.165, 1.54) is 37.1 Å². The first-order valence-corrected chi connectivity index (χ1v) is 17.6. The van der Waals surface area contributed by atoms with E-state index < -0.39 is 6.09 Å². The van der Waals surface area contributed by atoms with Crippen LogP contribution >= 0.6 is 23.2 Å². The maximum absolute atomic E-state index is 13.6. The van der Waals surface area contributed by atoms with Crippen molar-refractivity contribution in [3.63, 3.8) is 0 Å². The van der Waals surface area contributed by atoms with Gasteiger partial charge in [-0.1, -0.05) is 73.8 Å². The fourth-order valence-corrected chi connectivity index (χ4v) is 6.24. The Labute approximate surface area is 287 Å². The summed E-state index contributed by atoms with van der Waals surface area (Å²) in [5.74, 6) is 1.28. The predicted molar refractivity (Wildman–Crippen MR) is 194 cm³/mol. The third kappa shape index (κ3) is 11.7. The minimum absolute atomic E-state index is 0.242. The summed E-state index contributed by atoms with van der Waals surface area (Å²) in [5.41, 5.74) is 5.55. The molecule has 0 aromatic heterocycles. The molecule has 1 atom stereocenters. The van der Waals surface area contributed by atoms with Crippen molar-refractivity contribution in [2.24, 2.45) is 0 Å². The van der Waals surface area contributed by atoms with Crippen LogP contribution in [0.5, 0.6) is 11.5 Å². The zero-order valence-corrected chi connectivity index (χ0v) is 29.9. The third-order valence-corrected chi connectivity index (χ3v) is 8.89. The number of nitrogens with zero attached hydrogens (tertiary/aromatic N) is 2. The lowest BCUT2D eigenvalue weighted by molar-refractivity contribution is 0.135. The molecule has 2 aliphatic rings. The van der Waals surface area contributed by atoms with Gasteiger partial charge in [-0.05, 0) is 144 Å². The molecule has 0 saturated carbocycles. The van der Waals surface area contributed by atoms with Gasteiger partial charge in [0.25, 0.3) is 0 Å². The molecule has 1 aliphatic heterocycles. The van der Waals surface area contributed by atoms with Crippen molar-refractivity contribution < 1.29 is 14.3 Å². The number of ether oxygens (including phenoxy) is 2. The van der Waals surface area contributed by atoms with Crippen molar-refractivity contribution in [1.82, 2.24) is 9.80 Å². The highest BCUT2D eigenvalue weighted by Crippen LogP contribution is 2.32. The molecule has 4 rings (SSSR count). The van der Waals surface area contributed by atoms with Crippen molar-refractivity contribution in [2.45, 2.75) is 85.6 Å². The number of benzene rings is 2. The van der Waals surface area contributed by atoms with Crippen LogP contribution in [0.1, 0.15) is 91.2 Å². The normalized spacial score (nSPS) is 15.6. The SMILES string of the molecule is C=C(CCN(C(=O)Oc1ccc(Cl)cc1)C(C)c1ccc(OCCCCN2CCCC2)cc1)C1=C(CC)CC(C)=CC(Cl)=C1.CC. The molecule has 0 bridgehead atoms. The standard InChI is InChI=1S/C37H46Cl2N2O3.C2H6/c1-5-30-24-27(2)25-33(39)26-36(30)28(3)18-22-41(37(42)44-35-16-12-32(38)13-17-35)29(4)31-10-14-34(15-11-31)43-23-9-8-21-40-19-6-7-20-40;1-2/h10-17,25-26,29H,3,5-9,18-24H2,1-2,4H3;1-2H3. The predicted octanol–water partition coefficient (Wildman–Crippen LogP) is 11.3. The maximum Gasteiger partial charge on any atom is 0.415 e. The topological polar surface area (TPSA) is 42.0 Å². The number of hydrogen-bond donors (Lipinski definition) is 0. The molecule has 1 fully saturated rings. The number of hydrogen-bond acceptors (Lipinski definition) is 4. The van der Waals surface area contributed by atoms with Gasteiger partial charge < -0.3 is 19.3 Å². The van der Waals surface area contributed by atoms with Gasteiger partial charge in [-0.25, -0.2) is 4.79 Å². The van der Waals surface area contributed by atoms with E-state index in [2.05, 4.69) is 25.3 Å². The lowest BCUT2D eigenvalue weighted by atomic mass is 9.93. The molecule has 2 aromatic rings. The number of amides is 1. The van der Waals surface area contributed by atoms with Crippen LogP contribution in [0.15, 0.2) is 94.6 Å². The minimum Gasteiger partial charge on any atom is -0.494 e. The largest absolute Gasteiger partial charge is 0.494 e. The Morgan fingerprint density at radius 2 is 1.63 bits per heavy atom. The number of unbranched alkanes of at least 4 members (excludes halogenated alkanes) is 1. The number of rotatable bonds is 14. The van der Waals surface area contributed by atoms with Crippen molar-refractivity contribution >= 4 is 29.3 Å². The quantitative estimate of drug-likeness (QED) is 0.188. The molecule has 250 valence electrons. The Balaban J connectivity index is 0.00000282. The first kappa shape index (κ1) is 37.5. The molecule has 0 N–H and O–H groups in total. The van der Waals surface area contributed by atoms with Gasteiger partial charge in [0.05, 0.1) is 12.6 Å². The first-order valence-electron chi connectivity index (χ1n) is 16.9. The van der Waals surface area contributed by atoms with Crippen LogP contribution in [0.2, 0.25) is 5.02 Å². The fraction of sp³-hybridized carbons (Fsp3) is 0.462. The molecule has 1 heterocycles. The zero-order valence-electron chi connectivity index (χ0n) is 28.4. The average molecular weight is 668 g/mol. The van der Waals surface area contributed by atoms with Crippen LogP contribution in [0.25, 0.3) is 0 Å². The van der Waals surface area contributed by atoms with Crippen LogP contribution in [-0.2, 0) is 0 Å². The summed E-state index contributed by atoms with van der Waals surface area (Å²) < 4.78 is 11.8. The van der Waals surface area contributed by atoms with Crippen LogP contribution in [0.3, 0.4) is 0 Å². The molecule has 1 saturated heterocycles. The highest BCUT2D eigenvalue weighted by atomic mass is 35.5. The van der Waals surface area contributed by atoms with Crippen molar-refractivity contribution in [2.75, 3.05) is 32.8 Å². The lowest BCUT2D eigenvalue weighted by Crippen LogP contribution is -2.37. The highest BCUT2D eigenvalue weighted by molar-refractivity contribution is 6.31. The number of allylic oxidation sites excluding steroid dienone is 6. The van der Waals surface area contributed by atoms with Gasteiger partial charge in [-0.2, -0.15) is 0 Å². The first-order chi connectivity index (χ1) is 22.2. The van der Waals surface area contributed by atoms with Gasteiger partial charge in [-0.3, -0.25) is 0 Å². The molecule has 1 amide bonds. The van der Waals surface area contributed by atoms with Crippen LogP contribution in [0, 0.1) is 0 Å². The highest BCUT2D eigenvalue weighted by Gasteiger charge is 2.25. The summed E-state index contributed by atoms with van der Waals surface area (Å²) in [5, 5.41) is 1.28. The summed E-state index contributed by atoms with van der Waals surface area (Å²) in [4.78, 5) is 17.9. The molecule has 1 unspecified atom stereocenters. The Morgan fingerprint density at radius 3 is 2.28 bits per heavy atom. The summed E-state index contributed by atoms with van der Waals surface area (Å²) in [7, 11) is 0. The fourth-order valence-electron chi connectivity index (χ4n) is 5.82. The number of halogens is 2. The lowest BCUT2D eigenvalue weighted by Gasteiger charge is -2.29. The van der Waals surface area contributed by atoms with Crippen molar-refractivity contribution in [1.29, 1.82) is 0 Å². The van der Waals surface area contributed by atoms with Crippen LogP contribution in [0.4, 0.5) is 4.79 Å². The molecule has 1 aliphatic carbocycles. The second kappa shape index (κ2) is 19.6. The van der Waals surface area contributed by atoms with Crippen molar-refractivity contribution in [3.05, 3.63) is 105 Å². The maximum atomic E-state index is 13.6. The van der Waals surface area contributed by atoms with E-state index in [0.29, 0.717) is 35.4 Å². The summed E-state index contributed by atoms with van der Waals surface area (Å²) >= 11 is 12.6. The smallest absolute Gasteiger partial charge is 0.415 e. The summed E-state index contributed by atoms with van der Waals surface area (Å²) in [6.45, 7) is 19.4. The second-order valence-electron chi connectivity index (χ2n) is 11.8. The summed E-state index contributed by atoms with van der Waals surface area (Å²) in [6, 6.07) is 14.6. The van der Waals surface area contributed by atoms with E-state index in [-0.39, 0.29) is 6.04 Å². The Kier molecular flexibility index (Phi) is 16.0. The van der Waals surface area contributed by atoms with Gasteiger partial charge in [-0.15, -0.1) is 0 Å². The zero-order chi connectivity index (χ0) is 33.5. The third-order valence-electron chi connectivity index (χ3n) is 8.42. The Bertz CT molecular complexity index is 1360. The van der Waals surface area contributed by atoms with Gasteiger partial charge >= 0.3 is 6.09 Å². The average Bonchev–Trinajstić information content (AvgIpc) is 3.53. The van der Waals surface area contributed by atoms with E-state index in [0.717, 1.165) is 54.7 Å². The molecular formula is C39H52Cl2N2O3. The second-order valence-corrected chi connectivity index (χ2v) is 12.7. The monoisotopic (exact) mass is 666 g/mol. The van der Waals surface area contributed by atoms with Gasteiger partial charge in [0, 0.05) is 16.6 Å². The van der Waals surface area contributed by atoms with E-state index >= 15 is 0 Å². The number of likely N-dealkylation sites (tertiary alicyclic amines) is 1. The molecule has 7 heteroatoms. The molecule has 0 spiro atoms. The van der Waals surface area contributed by atoms with E-state index in [4.69, 9.17) is 32.7 Å². The van der Waals surface area contributed by atoms with Crippen LogP contribution < -0.4 is 9.47 Å². The van der Waals surface area contributed by atoms with Crippen LogP contribution in [-0.4, -0.2) is 48.7 Å². The van der Waals surface area contributed by atoms with Crippen molar-refractivity contribution in [3.8, 4) is 11.5 Å². The Morgan fingerprint density at radius 1 is 0.978 bits per heavy atom. The van der Waals surface area contributed by atoms with E-state index in [1.54, 1.807) is 29.2 Å². The van der Waals surface area contributed by atoms with Gasteiger partial charge in [0.1, 0.15) is 11.5 Å². The van der Waals surface area contributed by atoms with Gasteiger partial charge in [0.15, 0.2) is 0 Å². The number of carbonyl (C=O) groups excluding carboxylic acids is 1. The molecule has 0 radical (unpaired) electrons. The summed E-state index contributed by atoms with van der Waals surface area (Å²) in [6.07, 6.45) is 10.8. The number of carbonyl (C=O) groups is 1. The molecule has 5 nitrogen and oxygen atoms in total.